The van der Waals surface area contributed by atoms with Crippen LogP contribution >= 0.6 is 0 Å². The Balaban J connectivity index is 1.49. The van der Waals surface area contributed by atoms with Gasteiger partial charge in [0.15, 0.2) is 6.61 Å². The van der Waals surface area contributed by atoms with E-state index in [0.29, 0.717) is 25.3 Å². The molecular weight excluding hydrogens is 342 g/mol. The minimum absolute atomic E-state index is 0.155. The molecule has 0 atom stereocenters. The first-order chi connectivity index (χ1) is 13.0. The van der Waals surface area contributed by atoms with E-state index in [4.69, 9.17) is 9.47 Å². The molecule has 27 heavy (non-hydrogen) atoms. The maximum absolute atomic E-state index is 12.4. The van der Waals surface area contributed by atoms with Gasteiger partial charge < -0.3 is 14.4 Å². The van der Waals surface area contributed by atoms with E-state index in [2.05, 4.69) is 6.07 Å². The smallest absolute Gasteiger partial charge is 0.338 e. The summed E-state index contributed by atoms with van der Waals surface area (Å²) in [5.74, 6) is -0.656. The number of rotatable bonds is 6. The van der Waals surface area contributed by atoms with Crippen LogP contribution in [0.1, 0.15) is 40.9 Å². The normalized spacial score (nSPS) is 13.4. The van der Waals surface area contributed by atoms with Gasteiger partial charge in [-0.15, -0.1) is 0 Å². The number of carbonyl (C=O) groups excluding carboxylic acids is 2. The number of fused-ring (bicyclic) bond motifs is 1. The highest BCUT2D eigenvalue weighted by molar-refractivity contribution is 5.91. The topological polar surface area (TPSA) is 55.8 Å². The van der Waals surface area contributed by atoms with Gasteiger partial charge in [0.05, 0.1) is 18.3 Å². The highest BCUT2D eigenvalue weighted by atomic mass is 16.5. The number of benzene rings is 2. The molecule has 0 spiro atoms. The lowest BCUT2D eigenvalue weighted by Crippen LogP contribution is -2.38. The van der Waals surface area contributed by atoms with E-state index in [-0.39, 0.29) is 18.6 Å². The van der Waals surface area contributed by atoms with Crippen molar-refractivity contribution < 1.29 is 19.1 Å². The Bertz CT molecular complexity index is 798. The third-order valence-electron chi connectivity index (χ3n) is 4.58. The van der Waals surface area contributed by atoms with Crippen molar-refractivity contribution in [2.45, 2.75) is 39.5 Å². The zero-order chi connectivity index (χ0) is 19.2. The standard InChI is InChI=1S/C22H25NO4/c1-16(2)26-14-17-7-9-19(10-8-17)22(25)27-15-21(24)23-12-11-18-5-3-4-6-20(18)13-23/h3-10,16H,11-15H2,1-2H3. The predicted octanol–water partition coefficient (Wildman–Crippen LogP) is 3.35. The fourth-order valence-corrected chi connectivity index (χ4v) is 3.01. The van der Waals surface area contributed by atoms with Crippen molar-refractivity contribution in [1.82, 2.24) is 4.90 Å². The van der Waals surface area contributed by atoms with Crippen LogP contribution in [0.4, 0.5) is 0 Å². The molecule has 1 aliphatic rings. The van der Waals surface area contributed by atoms with Crippen molar-refractivity contribution in [2.75, 3.05) is 13.2 Å². The van der Waals surface area contributed by atoms with Gasteiger partial charge in [0, 0.05) is 13.1 Å². The van der Waals surface area contributed by atoms with Gasteiger partial charge in [-0.1, -0.05) is 36.4 Å². The molecule has 1 heterocycles. The van der Waals surface area contributed by atoms with Crippen LogP contribution in [-0.4, -0.2) is 36.0 Å². The molecule has 0 aliphatic carbocycles. The monoisotopic (exact) mass is 367 g/mol. The second kappa shape index (κ2) is 8.82. The number of carbonyl (C=O) groups is 2. The molecule has 0 N–H and O–H groups in total. The van der Waals surface area contributed by atoms with Crippen LogP contribution in [0.15, 0.2) is 48.5 Å². The Labute approximate surface area is 159 Å². The molecule has 5 heteroatoms. The summed E-state index contributed by atoms with van der Waals surface area (Å²) in [6.45, 7) is 5.43. The van der Waals surface area contributed by atoms with Crippen molar-refractivity contribution in [3.8, 4) is 0 Å². The maximum atomic E-state index is 12.4. The second-order valence-electron chi connectivity index (χ2n) is 6.97. The highest BCUT2D eigenvalue weighted by Gasteiger charge is 2.21. The molecule has 142 valence electrons. The largest absolute Gasteiger partial charge is 0.452 e. The van der Waals surface area contributed by atoms with Gasteiger partial charge in [-0.05, 0) is 49.1 Å². The van der Waals surface area contributed by atoms with Crippen LogP contribution < -0.4 is 0 Å². The zero-order valence-electron chi connectivity index (χ0n) is 15.8. The Morgan fingerprint density at radius 3 is 2.44 bits per heavy atom. The van der Waals surface area contributed by atoms with Gasteiger partial charge >= 0.3 is 5.97 Å². The van der Waals surface area contributed by atoms with Crippen LogP contribution in [0.2, 0.25) is 0 Å². The third kappa shape index (κ3) is 5.17. The van der Waals surface area contributed by atoms with Crippen molar-refractivity contribution in [2.24, 2.45) is 0 Å². The summed E-state index contributed by atoms with van der Waals surface area (Å²) >= 11 is 0. The molecule has 1 aliphatic heterocycles. The van der Waals surface area contributed by atoms with E-state index in [1.54, 1.807) is 17.0 Å². The summed E-state index contributed by atoms with van der Waals surface area (Å²) in [5.41, 5.74) is 3.85. The number of hydrogen-bond acceptors (Lipinski definition) is 4. The molecule has 3 rings (SSSR count). The highest BCUT2D eigenvalue weighted by Crippen LogP contribution is 2.18. The molecule has 2 aromatic carbocycles. The molecule has 0 saturated heterocycles. The Morgan fingerprint density at radius 2 is 1.74 bits per heavy atom. The first kappa shape index (κ1) is 19.1. The van der Waals surface area contributed by atoms with Crippen LogP contribution in [0.3, 0.4) is 0 Å². The van der Waals surface area contributed by atoms with E-state index in [0.717, 1.165) is 17.5 Å². The van der Waals surface area contributed by atoms with Crippen LogP contribution in [0, 0.1) is 0 Å². The average Bonchev–Trinajstić information content (AvgIpc) is 2.70. The van der Waals surface area contributed by atoms with Crippen molar-refractivity contribution in [3.63, 3.8) is 0 Å². The van der Waals surface area contributed by atoms with Gasteiger partial charge in [0.25, 0.3) is 5.91 Å². The lowest BCUT2D eigenvalue weighted by molar-refractivity contribution is -0.135. The molecule has 0 radical (unpaired) electrons. The zero-order valence-corrected chi connectivity index (χ0v) is 15.8. The fourth-order valence-electron chi connectivity index (χ4n) is 3.01. The molecule has 2 aromatic rings. The molecule has 1 amide bonds. The number of nitrogens with zero attached hydrogens (tertiary/aromatic N) is 1. The average molecular weight is 367 g/mol. The quantitative estimate of drug-likeness (QED) is 0.735. The van der Waals surface area contributed by atoms with Crippen LogP contribution in [0.5, 0.6) is 0 Å². The first-order valence-electron chi connectivity index (χ1n) is 9.25. The number of ether oxygens (including phenoxy) is 2. The van der Waals surface area contributed by atoms with Crippen LogP contribution in [0.25, 0.3) is 0 Å². The Morgan fingerprint density at radius 1 is 1.04 bits per heavy atom. The summed E-state index contributed by atoms with van der Waals surface area (Å²) in [6.07, 6.45) is 0.984. The Kier molecular flexibility index (Phi) is 6.24. The van der Waals surface area contributed by atoms with Crippen molar-refractivity contribution in [1.29, 1.82) is 0 Å². The van der Waals surface area contributed by atoms with Gasteiger partial charge in [-0.25, -0.2) is 4.79 Å². The van der Waals surface area contributed by atoms with Crippen LogP contribution in [-0.2, 0) is 33.8 Å². The summed E-state index contributed by atoms with van der Waals surface area (Å²) < 4.78 is 10.7. The third-order valence-corrected chi connectivity index (χ3v) is 4.58. The minimum Gasteiger partial charge on any atom is -0.452 e. The molecule has 5 nitrogen and oxygen atoms in total. The van der Waals surface area contributed by atoms with Crippen molar-refractivity contribution >= 4 is 11.9 Å². The minimum atomic E-state index is -0.489. The summed E-state index contributed by atoms with van der Waals surface area (Å²) in [5, 5.41) is 0. The molecule has 0 aromatic heterocycles. The van der Waals surface area contributed by atoms with Gasteiger partial charge in [-0.2, -0.15) is 0 Å². The summed E-state index contributed by atoms with van der Waals surface area (Å²) in [6, 6.07) is 15.2. The second-order valence-corrected chi connectivity index (χ2v) is 6.97. The van der Waals surface area contributed by atoms with Gasteiger partial charge in [0.2, 0.25) is 0 Å². The lowest BCUT2D eigenvalue weighted by atomic mass is 10.00. The lowest BCUT2D eigenvalue weighted by Gasteiger charge is -2.28. The summed E-state index contributed by atoms with van der Waals surface area (Å²) in [4.78, 5) is 26.3. The molecule has 0 bridgehead atoms. The molecular formula is C22H25NO4. The number of esters is 1. The summed E-state index contributed by atoms with van der Waals surface area (Å²) in [7, 11) is 0. The number of hydrogen-bond donors (Lipinski definition) is 0. The molecule has 0 fully saturated rings. The van der Waals surface area contributed by atoms with E-state index < -0.39 is 5.97 Å². The van der Waals surface area contributed by atoms with Crippen molar-refractivity contribution in [3.05, 3.63) is 70.8 Å². The number of amides is 1. The predicted molar refractivity (Wildman–Crippen MR) is 102 cm³/mol. The first-order valence-corrected chi connectivity index (χ1v) is 9.25. The van der Waals surface area contributed by atoms with E-state index in [1.165, 1.54) is 5.56 Å². The SMILES string of the molecule is CC(C)OCc1ccc(C(=O)OCC(=O)N2CCc3ccccc3C2)cc1. The molecule has 0 unspecified atom stereocenters. The molecule has 0 saturated carbocycles. The Hall–Kier alpha value is -2.66. The van der Waals surface area contributed by atoms with E-state index >= 15 is 0 Å². The maximum Gasteiger partial charge on any atom is 0.338 e. The van der Waals surface area contributed by atoms with Gasteiger partial charge in [0.1, 0.15) is 0 Å². The van der Waals surface area contributed by atoms with E-state index in [9.17, 15) is 9.59 Å². The van der Waals surface area contributed by atoms with E-state index in [1.807, 2.05) is 44.2 Å². The fraction of sp³-hybridized carbons (Fsp3) is 0.364. The van der Waals surface area contributed by atoms with Gasteiger partial charge in [-0.3, -0.25) is 4.79 Å².